The first kappa shape index (κ1) is 23.5. The van der Waals surface area contributed by atoms with Crippen LogP contribution in [0.4, 0.5) is 17.3 Å². The Bertz CT molecular complexity index is 1270. The van der Waals surface area contributed by atoms with E-state index in [1.165, 1.54) is 16.0 Å². The van der Waals surface area contributed by atoms with E-state index >= 15 is 0 Å². The SMILES string of the molecule is Cc1cccc(NCc2ccc(-c3ccnc(Nc4cccc(CN5CCC(O)CC5)c4)n3)s2)c1. The Kier molecular flexibility index (Phi) is 7.37. The van der Waals surface area contributed by atoms with E-state index in [-0.39, 0.29) is 6.10 Å². The van der Waals surface area contributed by atoms with Gasteiger partial charge in [0.05, 0.1) is 16.7 Å². The van der Waals surface area contributed by atoms with Gasteiger partial charge < -0.3 is 15.7 Å². The fourth-order valence-corrected chi connectivity index (χ4v) is 5.24. The van der Waals surface area contributed by atoms with Gasteiger partial charge in [-0.3, -0.25) is 4.90 Å². The first-order chi connectivity index (χ1) is 17.1. The summed E-state index contributed by atoms with van der Waals surface area (Å²) in [5, 5.41) is 16.6. The van der Waals surface area contributed by atoms with Crippen molar-refractivity contribution in [1.82, 2.24) is 14.9 Å². The second-order valence-corrected chi connectivity index (χ2v) is 10.3. The molecule has 1 aliphatic rings. The summed E-state index contributed by atoms with van der Waals surface area (Å²) in [5.74, 6) is 0.591. The summed E-state index contributed by atoms with van der Waals surface area (Å²) in [6.45, 7) is 5.65. The highest BCUT2D eigenvalue weighted by molar-refractivity contribution is 7.15. The van der Waals surface area contributed by atoms with Crippen molar-refractivity contribution in [3.05, 3.63) is 88.9 Å². The van der Waals surface area contributed by atoms with Gasteiger partial charge >= 0.3 is 0 Å². The number of thiophene rings is 1. The molecule has 5 rings (SSSR count). The molecule has 1 fully saturated rings. The fraction of sp³-hybridized carbons (Fsp3) is 0.286. The third kappa shape index (κ3) is 6.45. The van der Waals surface area contributed by atoms with Crippen LogP contribution in [0.2, 0.25) is 0 Å². The van der Waals surface area contributed by atoms with Crippen molar-refractivity contribution >= 4 is 28.7 Å². The number of hydrogen-bond donors (Lipinski definition) is 3. The van der Waals surface area contributed by atoms with Crippen LogP contribution in [0, 0.1) is 6.92 Å². The lowest BCUT2D eigenvalue weighted by molar-refractivity contribution is 0.0792. The zero-order chi connectivity index (χ0) is 24.0. The summed E-state index contributed by atoms with van der Waals surface area (Å²) in [4.78, 5) is 14.0. The number of benzene rings is 2. The van der Waals surface area contributed by atoms with E-state index in [4.69, 9.17) is 4.98 Å². The quantitative estimate of drug-likeness (QED) is 0.292. The highest BCUT2D eigenvalue weighted by atomic mass is 32.1. The average molecular weight is 486 g/mol. The van der Waals surface area contributed by atoms with Crippen LogP contribution < -0.4 is 10.6 Å². The number of likely N-dealkylation sites (tertiary alicyclic amines) is 1. The summed E-state index contributed by atoms with van der Waals surface area (Å²) >= 11 is 1.74. The third-order valence-corrected chi connectivity index (χ3v) is 7.31. The molecule has 4 aromatic rings. The predicted octanol–water partition coefficient (Wildman–Crippen LogP) is 5.83. The van der Waals surface area contributed by atoms with Gasteiger partial charge in [-0.25, -0.2) is 9.97 Å². The third-order valence-electron chi connectivity index (χ3n) is 6.20. The van der Waals surface area contributed by atoms with Gasteiger partial charge in [-0.05, 0) is 73.4 Å². The van der Waals surface area contributed by atoms with Crippen LogP contribution >= 0.6 is 11.3 Å². The highest BCUT2D eigenvalue weighted by Gasteiger charge is 2.17. The Balaban J connectivity index is 1.22. The fourth-order valence-electron chi connectivity index (χ4n) is 4.32. The number of anilines is 3. The molecule has 180 valence electrons. The van der Waals surface area contributed by atoms with Gasteiger partial charge in [0.2, 0.25) is 5.95 Å². The van der Waals surface area contributed by atoms with Crippen LogP contribution in [0.25, 0.3) is 10.6 Å². The van der Waals surface area contributed by atoms with Crippen molar-refractivity contribution in [3.63, 3.8) is 0 Å². The molecule has 1 aliphatic heterocycles. The number of rotatable bonds is 8. The van der Waals surface area contributed by atoms with Gasteiger partial charge in [-0.15, -0.1) is 11.3 Å². The molecule has 6 nitrogen and oxygen atoms in total. The van der Waals surface area contributed by atoms with Crippen LogP contribution in [0.5, 0.6) is 0 Å². The van der Waals surface area contributed by atoms with Crippen LogP contribution in [-0.4, -0.2) is 39.2 Å². The summed E-state index contributed by atoms with van der Waals surface area (Å²) in [7, 11) is 0. The molecule has 0 spiro atoms. The van der Waals surface area contributed by atoms with E-state index in [1.54, 1.807) is 17.5 Å². The first-order valence-corrected chi connectivity index (χ1v) is 12.9. The largest absolute Gasteiger partial charge is 0.393 e. The molecule has 2 aromatic carbocycles. The molecule has 0 unspecified atom stereocenters. The predicted molar refractivity (Wildman–Crippen MR) is 144 cm³/mol. The van der Waals surface area contributed by atoms with Crippen LogP contribution in [0.15, 0.2) is 72.9 Å². The molecular formula is C28H31N5OS. The minimum Gasteiger partial charge on any atom is -0.393 e. The summed E-state index contributed by atoms with van der Waals surface area (Å²) in [6, 6.07) is 23.1. The van der Waals surface area contributed by atoms with E-state index in [0.717, 1.165) is 61.0 Å². The van der Waals surface area contributed by atoms with E-state index in [9.17, 15) is 5.11 Å². The molecule has 3 heterocycles. The van der Waals surface area contributed by atoms with E-state index in [0.29, 0.717) is 5.95 Å². The molecule has 35 heavy (non-hydrogen) atoms. The lowest BCUT2D eigenvalue weighted by Gasteiger charge is -2.29. The second kappa shape index (κ2) is 11.0. The number of piperidine rings is 1. The van der Waals surface area contributed by atoms with Crippen molar-refractivity contribution in [2.45, 2.75) is 39.0 Å². The van der Waals surface area contributed by atoms with Crippen LogP contribution in [0.3, 0.4) is 0 Å². The van der Waals surface area contributed by atoms with Gasteiger partial charge in [-0.2, -0.15) is 0 Å². The van der Waals surface area contributed by atoms with E-state index < -0.39 is 0 Å². The average Bonchev–Trinajstić information content (AvgIpc) is 3.34. The van der Waals surface area contributed by atoms with Gasteiger partial charge in [0.15, 0.2) is 0 Å². The van der Waals surface area contributed by atoms with Crippen molar-refractivity contribution in [1.29, 1.82) is 0 Å². The van der Waals surface area contributed by atoms with Gasteiger partial charge in [-0.1, -0.05) is 24.3 Å². The van der Waals surface area contributed by atoms with Crippen LogP contribution in [-0.2, 0) is 13.1 Å². The maximum atomic E-state index is 9.74. The number of aromatic nitrogens is 2. The highest BCUT2D eigenvalue weighted by Crippen LogP contribution is 2.28. The monoisotopic (exact) mass is 485 g/mol. The topological polar surface area (TPSA) is 73.3 Å². The number of nitrogens with one attached hydrogen (secondary N) is 2. The van der Waals surface area contributed by atoms with Crippen molar-refractivity contribution in [3.8, 4) is 10.6 Å². The summed E-state index contributed by atoms with van der Waals surface area (Å²) in [6.07, 6.45) is 3.36. The number of hydrogen-bond acceptors (Lipinski definition) is 7. The minimum absolute atomic E-state index is 0.146. The number of aryl methyl sites for hydroxylation is 1. The molecule has 0 aliphatic carbocycles. The molecule has 7 heteroatoms. The zero-order valence-electron chi connectivity index (χ0n) is 19.9. The molecule has 0 radical (unpaired) electrons. The zero-order valence-corrected chi connectivity index (χ0v) is 20.8. The van der Waals surface area contributed by atoms with E-state index in [1.807, 2.05) is 12.1 Å². The van der Waals surface area contributed by atoms with Crippen molar-refractivity contribution in [2.24, 2.45) is 0 Å². The Morgan fingerprint density at radius 3 is 2.69 bits per heavy atom. The molecular weight excluding hydrogens is 454 g/mol. The number of nitrogens with zero attached hydrogens (tertiary/aromatic N) is 3. The first-order valence-electron chi connectivity index (χ1n) is 12.1. The Morgan fingerprint density at radius 1 is 1.00 bits per heavy atom. The van der Waals surface area contributed by atoms with E-state index in [2.05, 4.69) is 82.0 Å². The smallest absolute Gasteiger partial charge is 0.227 e. The lowest BCUT2D eigenvalue weighted by Crippen LogP contribution is -2.35. The normalized spacial score (nSPS) is 14.7. The molecule has 0 atom stereocenters. The molecule has 1 saturated heterocycles. The van der Waals surface area contributed by atoms with Gasteiger partial charge in [0.1, 0.15) is 0 Å². The van der Waals surface area contributed by atoms with Gasteiger partial charge in [0, 0.05) is 48.6 Å². The minimum atomic E-state index is -0.146. The second-order valence-electron chi connectivity index (χ2n) is 9.09. The molecule has 3 N–H and O–H groups in total. The molecule has 0 saturated carbocycles. The Labute approximate surface area is 210 Å². The van der Waals surface area contributed by atoms with Gasteiger partial charge in [0.25, 0.3) is 0 Å². The maximum Gasteiger partial charge on any atom is 0.227 e. The lowest BCUT2D eigenvalue weighted by atomic mass is 10.1. The van der Waals surface area contributed by atoms with Crippen LogP contribution in [0.1, 0.15) is 28.8 Å². The number of aliphatic hydroxyl groups is 1. The molecule has 2 aromatic heterocycles. The maximum absolute atomic E-state index is 9.74. The standard InChI is InChI=1S/C28H31N5OS/c1-20-4-2-6-22(16-20)30-18-25-8-9-27(35-25)26-10-13-29-28(32-26)31-23-7-3-5-21(17-23)19-33-14-11-24(34)12-15-33/h2-10,13,16-17,24,30,34H,11-12,14-15,18-19H2,1H3,(H,29,31,32). The van der Waals surface area contributed by atoms with Crippen molar-refractivity contribution < 1.29 is 5.11 Å². The summed E-state index contributed by atoms with van der Waals surface area (Å²) < 4.78 is 0. The Morgan fingerprint density at radius 2 is 1.83 bits per heavy atom. The molecule has 0 amide bonds. The Hall–Kier alpha value is -3.26. The summed E-state index contributed by atoms with van der Waals surface area (Å²) in [5.41, 5.74) is 5.52. The number of aliphatic hydroxyl groups excluding tert-OH is 1. The van der Waals surface area contributed by atoms with Crippen molar-refractivity contribution in [2.75, 3.05) is 23.7 Å². The molecule has 0 bridgehead atoms.